The standard InChI is InChI=1S/C14H23N5O/c1-3-18(4-2)11-6-8-19(10-11)13-9-16-7-5-12(13)14(15)17-20/h5,7,9,11,20H,3-4,6,8,10H2,1-2H3,(H2,15,17). The first-order valence-corrected chi connectivity index (χ1v) is 7.12. The fourth-order valence-electron chi connectivity index (χ4n) is 2.91. The molecular formula is C14H23N5O. The van der Waals surface area contributed by atoms with Gasteiger partial charge in [-0.25, -0.2) is 0 Å². The quantitative estimate of drug-likeness (QED) is 0.365. The third-order valence-electron chi connectivity index (χ3n) is 4.02. The fraction of sp³-hybridized carbons (Fsp3) is 0.571. The number of likely N-dealkylation sites (N-methyl/N-ethyl adjacent to an activating group) is 1. The molecule has 0 spiro atoms. The number of nitrogens with zero attached hydrogens (tertiary/aromatic N) is 4. The number of hydrogen-bond acceptors (Lipinski definition) is 5. The lowest BCUT2D eigenvalue weighted by Gasteiger charge is -2.27. The molecule has 0 saturated carbocycles. The van der Waals surface area contributed by atoms with E-state index in [0.717, 1.165) is 43.9 Å². The summed E-state index contributed by atoms with van der Waals surface area (Å²) in [5.74, 6) is 0.133. The van der Waals surface area contributed by atoms with Gasteiger partial charge >= 0.3 is 0 Å². The smallest absolute Gasteiger partial charge is 0.172 e. The molecule has 0 aromatic carbocycles. The van der Waals surface area contributed by atoms with E-state index in [0.29, 0.717) is 6.04 Å². The van der Waals surface area contributed by atoms with E-state index in [2.05, 4.69) is 33.8 Å². The van der Waals surface area contributed by atoms with E-state index >= 15 is 0 Å². The highest BCUT2D eigenvalue weighted by Gasteiger charge is 2.28. The maximum Gasteiger partial charge on any atom is 0.172 e. The number of amidine groups is 1. The van der Waals surface area contributed by atoms with Gasteiger partial charge in [-0.1, -0.05) is 19.0 Å². The Morgan fingerprint density at radius 3 is 2.95 bits per heavy atom. The van der Waals surface area contributed by atoms with Gasteiger partial charge in [0.25, 0.3) is 0 Å². The van der Waals surface area contributed by atoms with Crippen molar-refractivity contribution in [1.29, 1.82) is 0 Å². The van der Waals surface area contributed by atoms with Crippen LogP contribution in [0.4, 0.5) is 5.69 Å². The van der Waals surface area contributed by atoms with Crippen molar-refractivity contribution in [3.05, 3.63) is 24.0 Å². The van der Waals surface area contributed by atoms with Crippen LogP contribution in [0.3, 0.4) is 0 Å². The summed E-state index contributed by atoms with van der Waals surface area (Å²) in [6.45, 7) is 8.44. The summed E-state index contributed by atoms with van der Waals surface area (Å²) in [4.78, 5) is 8.91. The van der Waals surface area contributed by atoms with Crippen LogP contribution in [-0.2, 0) is 0 Å². The zero-order valence-electron chi connectivity index (χ0n) is 12.2. The highest BCUT2D eigenvalue weighted by Crippen LogP contribution is 2.25. The maximum atomic E-state index is 8.89. The van der Waals surface area contributed by atoms with E-state index in [-0.39, 0.29) is 5.84 Å². The normalized spacial score (nSPS) is 19.9. The van der Waals surface area contributed by atoms with Crippen molar-refractivity contribution in [3.8, 4) is 0 Å². The minimum absolute atomic E-state index is 0.133. The second-order valence-corrected chi connectivity index (χ2v) is 4.99. The Morgan fingerprint density at radius 2 is 2.30 bits per heavy atom. The Bertz CT molecular complexity index is 472. The van der Waals surface area contributed by atoms with Gasteiger partial charge < -0.3 is 15.8 Å². The average Bonchev–Trinajstić information content (AvgIpc) is 2.97. The molecule has 0 aliphatic carbocycles. The molecule has 0 amide bonds. The monoisotopic (exact) mass is 277 g/mol. The Morgan fingerprint density at radius 1 is 1.55 bits per heavy atom. The van der Waals surface area contributed by atoms with Gasteiger partial charge in [0, 0.05) is 30.9 Å². The third-order valence-corrected chi connectivity index (χ3v) is 4.02. The number of pyridine rings is 1. The van der Waals surface area contributed by atoms with Crippen molar-refractivity contribution < 1.29 is 5.21 Å². The summed E-state index contributed by atoms with van der Waals surface area (Å²) in [6.07, 6.45) is 4.58. The molecule has 0 bridgehead atoms. The molecule has 1 aromatic rings. The fourth-order valence-corrected chi connectivity index (χ4v) is 2.91. The molecule has 2 heterocycles. The summed E-state index contributed by atoms with van der Waals surface area (Å²) in [7, 11) is 0. The predicted octanol–water partition coefficient (Wildman–Crippen LogP) is 1.10. The first kappa shape index (κ1) is 14.6. The number of oxime groups is 1. The largest absolute Gasteiger partial charge is 0.409 e. The van der Waals surface area contributed by atoms with Gasteiger partial charge in [0.05, 0.1) is 11.9 Å². The third kappa shape index (κ3) is 2.85. The topological polar surface area (TPSA) is 78.0 Å². The van der Waals surface area contributed by atoms with Crippen LogP contribution in [0.5, 0.6) is 0 Å². The Balaban J connectivity index is 2.18. The van der Waals surface area contributed by atoms with E-state index in [1.54, 1.807) is 18.5 Å². The van der Waals surface area contributed by atoms with Crippen molar-refractivity contribution in [3.63, 3.8) is 0 Å². The van der Waals surface area contributed by atoms with Crippen LogP contribution in [0, 0.1) is 0 Å². The molecular weight excluding hydrogens is 254 g/mol. The molecule has 3 N–H and O–H groups in total. The van der Waals surface area contributed by atoms with Crippen LogP contribution in [-0.4, -0.2) is 53.1 Å². The first-order chi connectivity index (χ1) is 9.71. The van der Waals surface area contributed by atoms with E-state index in [9.17, 15) is 0 Å². The molecule has 0 radical (unpaired) electrons. The van der Waals surface area contributed by atoms with Crippen LogP contribution in [0.2, 0.25) is 0 Å². The molecule has 110 valence electrons. The van der Waals surface area contributed by atoms with Gasteiger partial charge in [-0.05, 0) is 25.6 Å². The maximum absolute atomic E-state index is 8.89. The number of aromatic nitrogens is 1. The van der Waals surface area contributed by atoms with Crippen molar-refractivity contribution in [2.75, 3.05) is 31.1 Å². The molecule has 1 unspecified atom stereocenters. The lowest BCUT2D eigenvalue weighted by Crippen LogP contribution is -2.37. The highest BCUT2D eigenvalue weighted by molar-refractivity contribution is 6.02. The molecule has 6 nitrogen and oxygen atoms in total. The van der Waals surface area contributed by atoms with E-state index in [1.165, 1.54) is 0 Å². The molecule has 1 aliphatic rings. The Labute approximate surface area is 119 Å². The molecule has 1 aliphatic heterocycles. The summed E-state index contributed by atoms with van der Waals surface area (Å²) >= 11 is 0. The number of anilines is 1. The lowest BCUT2D eigenvalue weighted by atomic mass is 10.2. The zero-order chi connectivity index (χ0) is 14.5. The van der Waals surface area contributed by atoms with Crippen LogP contribution in [0.1, 0.15) is 25.8 Å². The van der Waals surface area contributed by atoms with Gasteiger partial charge in [-0.3, -0.25) is 9.88 Å². The summed E-state index contributed by atoms with van der Waals surface area (Å²) in [5, 5.41) is 12.0. The zero-order valence-corrected chi connectivity index (χ0v) is 12.2. The van der Waals surface area contributed by atoms with Crippen molar-refractivity contribution in [2.45, 2.75) is 26.3 Å². The summed E-state index contributed by atoms with van der Waals surface area (Å²) in [5.41, 5.74) is 7.43. The second-order valence-electron chi connectivity index (χ2n) is 4.99. The molecule has 1 saturated heterocycles. The molecule has 1 atom stereocenters. The van der Waals surface area contributed by atoms with Gasteiger partial charge in [0.1, 0.15) is 0 Å². The highest BCUT2D eigenvalue weighted by atomic mass is 16.4. The number of hydrogen-bond donors (Lipinski definition) is 2. The predicted molar refractivity (Wildman–Crippen MR) is 80.3 cm³/mol. The minimum Gasteiger partial charge on any atom is -0.409 e. The van der Waals surface area contributed by atoms with Crippen LogP contribution in [0.15, 0.2) is 23.6 Å². The number of nitrogens with two attached hydrogens (primary N) is 1. The molecule has 1 aromatic heterocycles. The van der Waals surface area contributed by atoms with Gasteiger partial charge in [-0.2, -0.15) is 0 Å². The summed E-state index contributed by atoms with van der Waals surface area (Å²) in [6, 6.07) is 2.35. The van der Waals surface area contributed by atoms with Crippen molar-refractivity contribution >= 4 is 11.5 Å². The van der Waals surface area contributed by atoms with Crippen LogP contribution in [0.25, 0.3) is 0 Å². The van der Waals surface area contributed by atoms with Crippen molar-refractivity contribution in [2.24, 2.45) is 10.9 Å². The molecule has 2 rings (SSSR count). The first-order valence-electron chi connectivity index (χ1n) is 7.12. The number of rotatable bonds is 5. The SMILES string of the molecule is CCN(CC)C1CCN(c2cnccc2/C(N)=N/O)C1. The van der Waals surface area contributed by atoms with E-state index in [1.807, 2.05) is 0 Å². The Hall–Kier alpha value is -1.82. The van der Waals surface area contributed by atoms with Gasteiger partial charge in [0.2, 0.25) is 0 Å². The summed E-state index contributed by atoms with van der Waals surface area (Å²) < 4.78 is 0. The average molecular weight is 277 g/mol. The van der Waals surface area contributed by atoms with E-state index < -0.39 is 0 Å². The Kier molecular flexibility index (Phi) is 4.79. The van der Waals surface area contributed by atoms with Gasteiger partial charge in [0.15, 0.2) is 5.84 Å². The molecule has 1 fully saturated rings. The van der Waals surface area contributed by atoms with Crippen LogP contribution >= 0.6 is 0 Å². The van der Waals surface area contributed by atoms with E-state index in [4.69, 9.17) is 10.9 Å². The van der Waals surface area contributed by atoms with Crippen molar-refractivity contribution in [1.82, 2.24) is 9.88 Å². The second kappa shape index (κ2) is 6.56. The molecule has 6 heteroatoms. The van der Waals surface area contributed by atoms with Crippen LogP contribution < -0.4 is 10.6 Å². The minimum atomic E-state index is 0.133. The lowest BCUT2D eigenvalue weighted by molar-refractivity contribution is 0.232. The van der Waals surface area contributed by atoms with Gasteiger partial charge in [-0.15, -0.1) is 0 Å². The molecule has 20 heavy (non-hydrogen) atoms.